The molecule has 2 aromatic rings. The van der Waals surface area contributed by atoms with Crippen molar-refractivity contribution in [3.63, 3.8) is 0 Å². The maximum atomic E-state index is 14.5. The second-order valence-corrected chi connectivity index (χ2v) is 26.1. The summed E-state index contributed by atoms with van der Waals surface area (Å²) in [5, 5.41) is 27.3. The molecule has 0 aromatic heterocycles. The van der Waals surface area contributed by atoms with Crippen molar-refractivity contribution in [3.05, 3.63) is 65.7 Å². The molecule has 26 nitrogen and oxygen atoms in total. The van der Waals surface area contributed by atoms with Crippen LogP contribution in [0.25, 0.3) is 0 Å². The van der Waals surface area contributed by atoms with Crippen molar-refractivity contribution in [1.29, 1.82) is 0 Å². The number of hydrogen-bond acceptors (Lipinski definition) is 16. The molecule has 4 rings (SSSR count). The lowest BCUT2D eigenvalue weighted by atomic mass is 9.87. The van der Waals surface area contributed by atoms with Crippen molar-refractivity contribution in [2.75, 3.05) is 53.3 Å². The minimum absolute atomic E-state index is 0.0504. The topological polar surface area (TPSA) is 347 Å². The van der Waals surface area contributed by atoms with Gasteiger partial charge in [-0.15, -0.1) is 0 Å². The number of imide groups is 2. The molecule has 0 radical (unpaired) electrons. The molecule has 2 aliphatic rings. The number of methoxy groups -OCH3 is 2. The Labute approximate surface area is 555 Å². The van der Waals surface area contributed by atoms with Gasteiger partial charge in [0.2, 0.25) is 53.2 Å². The van der Waals surface area contributed by atoms with Gasteiger partial charge in [-0.05, 0) is 99.4 Å². The van der Waals surface area contributed by atoms with E-state index in [0.29, 0.717) is 68.4 Å². The van der Waals surface area contributed by atoms with Gasteiger partial charge < -0.3 is 56.5 Å². The van der Waals surface area contributed by atoms with Crippen molar-refractivity contribution < 1.29 is 72.1 Å². The van der Waals surface area contributed by atoms with Crippen LogP contribution in [0.15, 0.2) is 54.6 Å². The van der Waals surface area contributed by atoms with Gasteiger partial charge in [0.15, 0.2) is 0 Å². The van der Waals surface area contributed by atoms with E-state index in [-0.39, 0.29) is 99.0 Å². The molecule has 0 aliphatic carbocycles. The van der Waals surface area contributed by atoms with Gasteiger partial charge in [0.25, 0.3) is 0 Å². The fourth-order valence-corrected chi connectivity index (χ4v) is 12.6. The molecule has 12 atom stereocenters. The number of urea groups is 1. The lowest BCUT2D eigenvalue weighted by molar-refractivity contribution is -0.145. The third-order valence-corrected chi connectivity index (χ3v) is 18.0. The van der Waals surface area contributed by atoms with E-state index in [9.17, 15) is 57.8 Å². The number of nitrogens with two attached hydrogens (primary N) is 1. The van der Waals surface area contributed by atoms with Gasteiger partial charge in [0, 0.05) is 71.9 Å². The van der Waals surface area contributed by atoms with E-state index in [4.69, 9.17) is 19.9 Å². The van der Waals surface area contributed by atoms with Gasteiger partial charge in [0.05, 0.1) is 48.8 Å². The van der Waals surface area contributed by atoms with Crippen LogP contribution in [0.1, 0.15) is 164 Å². The number of carbonyl (C=O) groups is 11. The van der Waals surface area contributed by atoms with Crippen molar-refractivity contribution in [3.8, 4) is 0 Å². The van der Waals surface area contributed by atoms with Gasteiger partial charge in [-0.3, -0.25) is 63.2 Å². The maximum Gasteiger partial charge on any atom is 0.410 e. The Morgan fingerprint density at radius 3 is 1.93 bits per heavy atom. The maximum absolute atomic E-state index is 14.5. The third kappa shape index (κ3) is 23.1. The minimum Gasteiger partial charge on any atom is -0.445 e. The summed E-state index contributed by atoms with van der Waals surface area (Å²) in [4.78, 5) is 153. The molecule has 12 amide bonds. The summed E-state index contributed by atoms with van der Waals surface area (Å²) < 4.78 is 17.8. The highest BCUT2D eigenvalue weighted by atomic mass is 16.6. The highest BCUT2D eigenvalue weighted by Gasteiger charge is 2.44. The van der Waals surface area contributed by atoms with E-state index in [2.05, 4.69) is 31.9 Å². The first-order chi connectivity index (χ1) is 44.5. The van der Waals surface area contributed by atoms with Gasteiger partial charge in [-0.2, -0.15) is 0 Å². The smallest absolute Gasteiger partial charge is 0.410 e. The second kappa shape index (κ2) is 38.7. The Kier molecular flexibility index (Phi) is 32.5. The van der Waals surface area contributed by atoms with Crippen molar-refractivity contribution in [2.24, 2.45) is 35.3 Å². The highest BCUT2D eigenvalue weighted by Crippen LogP contribution is 2.31. The molecular formula is C68H107N11O15. The van der Waals surface area contributed by atoms with Crippen LogP contribution >= 0.6 is 0 Å². The minimum atomic E-state index is -1.15. The number of rotatable bonds is 38. The van der Waals surface area contributed by atoms with Crippen LogP contribution < -0.4 is 37.6 Å². The Morgan fingerprint density at radius 1 is 0.723 bits per heavy atom. The Hall–Kier alpha value is -7.55. The number of benzene rings is 2. The second-order valence-electron chi connectivity index (χ2n) is 26.1. The molecule has 0 saturated carbocycles. The summed E-state index contributed by atoms with van der Waals surface area (Å²) in [6.07, 6.45) is 1.20. The third-order valence-electron chi connectivity index (χ3n) is 18.0. The molecule has 0 unspecified atom stereocenters. The number of ether oxygens (including phenoxy) is 3. The van der Waals surface area contributed by atoms with Crippen LogP contribution in [0.4, 0.5) is 15.3 Å². The molecule has 94 heavy (non-hydrogen) atoms. The van der Waals surface area contributed by atoms with Crippen LogP contribution in [0.5, 0.6) is 0 Å². The fourth-order valence-electron chi connectivity index (χ4n) is 12.6. The van der Waals surface area contributed by atoms with Crippen LogP contribution in [-0.4, -0.2) is 192 Å². The van der Waals surface area contributed by atoms with Crippen molar-refractivity contribution in [1.82, 2.24) is 46.2 Å². The van der Waals surface area contributed by atoms with E-state index in [0.717, 1.165) is 4.90 Å². The molecule has 2 aromatic carbocycles. The Balaban J connectivity index is 1.37. The molecule has 0 spiro atoms. The van der Waals surface area contributed by atoms with E-state index in [1.807, 2.05) is 50.8 Å². The zero-order valence-corrected chi connectivity index (χ0v) is 57.7. The monoisotopic (exact) mass is 1320 g/mol. The van der Waals surface area contributed by atoms with Gasteiger partial charge >= 0.3 is 12.1 Å². The summed E-state index contributed by atoms with van der Waals surface area (Å²) in [7, 11) is 6.23. The number of hydrogen-bond donors (Lipinski definition) is 8. The van der Waals surface area contributed by atoms with Crippen LogP contribution in [0.3, 0.4) is 0 Å². The normalized spacial score (nSPS) is 17.7. The van der Waals surface area contributed by atoms with E-state index >= 15 is 0 Å². The molecule has 524 valence electrons. The molecule has 2 fully saturated rings. The summed E-state index contributed by atoms with van der Waals surface area (Å²) in [6, 6.07) is 8.99. The number of aliphatic hydroxyl groups is 1. The number of carbonyl (C=O) groups excluding carboxylic acids is 11. The average Bonchev–Trinajstić information content (AvgIpc) is 1.30. The van der Waals surface area contributed by atoms with Crippen LogP contribution in [0, 0.1) is 29.6 Å². The Bertz CT molecular complexity index is 2830. The molecule has 26 heteroatoms. The summed E-state index contributed by atoms with van der Waals surface area (Å²) in [6.45, 7) is 18.8. The van der Waals surface area contributed by atoms with Gasteiger partial charge in [-0.25, -0.2) is 9.59 Å². The van der Waals surface area contributed by atoms with Gasteiger partial charge in [0.1, 0.15) is 24.7 Å². The van der Waals surface area contributed by atoms with E-state index < -0.39 is 108 Å². The lowest BCUT2D eigenvalue weighted by Gasteiger charge is -2.43. The predicted molar refractivity (Wildman–Crippen MR) is 353 cm³/mol. The number of likely N-dealkylation sites (N-methyl/N-ethyl adjacent to an activating group) is 2. The molecule has 2 aliphatic heterocycles. The number of anilines is 1. The average molecular weight is 1320 g/mol. The highest BCUT2D eigenvalue weighted by molar-refractivity contribution is 6.02. The zero-order valence-electron chi connectivity index (χ0n) is 57.7. The summed E-state index contributed by atoms with van der Waals surface area (Å²) >= 11 is 0. The fraction of sp³-hybridized carbons (Fsp3) is 0.662. The van der Waals surface area contributed by atoms with E-state index in [1.54, 1.807) is 89.9 Å². The number of likely N-dealkylation sites (tertiary alicyclic amines) is 2. The zero-order chi connectivity index (χ0) is 70.1. The number of unbranched alkanes of at least 4 members (excludes halogenated alkanes) is 2. The van der Waals surface area contributed by atoms with Crippen molar-refractivity contribution >= 4 is 71.0 Å². The SMILES string of the molecule is CC[C@H](C)[C@@H]([C@@H](CC(=O)N1CCC[C@H]1[C@H](OC)[C@@H](C)C(=O)N[C@H](C)[C@@H](O)c1ccccc1)OC)N(C)[C@H](C(=O)NC(=O)[C@H](C(C)C)N(C)C(=O)OCc1ccc(NC(=O)[C@H](CCCNC(N)=O)NC(=O)[C@@H](NC(=O)CCCCCN2C(=O)CCC2=O)C(C)C)cc1)C(C)C. The molecular weight excluding hydrogens is 1210 g/mol. The largest absolute Gasteiger partial charge is 0.445 e. The first-order valence-electron chi connectivity index (χ1n) is 33.2. The molecule has 9 N–H and O–H groups in total. The van der Waals surface area contributed by atoms with Crippen LogP contribution in [0.2, 0.25) is 0 Å². The summed E-state index contributed by atoms with van der Waals surface area (Å²) in [5.74, 6) is -5.81. The van der Waals surface area contributed by atoms with Crippen LogP contribution in [-0.2, 0) is 64.0 Å². The number of amides is 12. The first-order valence-corrected chi connectivity index (χ1v) is 33.2. The summed E-state index contributed by atoms with van der Waals surface area (Å²) in [5.41, 5.74) is 6.77. The molecule has 2 saturated heterocycles. The number of primary amides is 1. The number of nitrogens with one attached hydrogen (secondary N) is 6. The first kappa shape index (κ1) is 78.9. The Morgan fingerprint density at radius 2 is 1.35 bits per heavy atom. The molecule has 2 heterocycles. The molecule has 0 bridgehead atoms. The van der Waals surface area contributed by atoms with E-state index in [1.165, 1.54) is 26.2 Å². The standard InChI is InChI=1S/C68H107N11O15/c1-15-43(8)59(51(92-13)38-55(83)78-37-23-27-50(78)61(93-14)44(9)62(85)71-45(10)60(84)47-24-18-16-19-25-47)76(11)57(41(4)5)65(88)75-66(89)58(42(6)7)77(12)68(91)94-39-46-29-31-48(32-30-46)72-63(86)49(26-22-35-70-67(69)90)73-64(87)56(40(2)3)74-52(80)28-20-17-21-36-79-53(81)33-34-54(79)82/h16,18-19,24-25,29-32,40-45,49-51,56-61,84H,15,17,20-23,26-28,33-39H2,1-14H3,(H,71,85)(H,72,86)(H,73,87)(H,74,80)(H3,69,70,90)(H,75,88,89)/t43-,44+,45+,49-,50-,51+,56-,57-,58-,59-,60+,61+/m0/s1. The lowest BCUT2D eigenvalue weighted by Crippen LogP contribution is -2.60. The number of nitrogens with zero attached hydrogens (tertiary/aromatic N) is 4. The van der Waals surface area contributed by atoms with Gasteiger partial charge in [-0.1, -0.05) is 118 Å². The quantitative estimate of drug-likeness (QED) is 0.0312. The predicted octanol–water partition coefficient (Wildman–Crippen LogP) is 5.30. The number of aliphatic hydroxyl groups excluding tert-OH is 1. The van der Waals surface area contributed by atoms with Crippen molar-refractivity contribution in [2.45, 2.75) is 213 Å².